The minimum Gasteiger partial charge on any atom is -0.356 e. The van der Waals surface area contributed by atoms with Gasteiger partial charge in [-0.1, -0.05) is 17.7 Å². The summed E-state index contributed by atoms with van der Waals surface area (Å²) in [6, 6.07) is 0. The van der Waals surface area contributed by atoms with Crippen molar-refractivity contribution in [2.45, 2.75) is 13.1 Å². The molecule has 2 nitrogen and oxygen atoms in total. The van der Waals surface area contributed by atoms with E-state index in [1.807, 2.05) is 0 Å². The van der Waals surface area contributed by atoms with Crippen molar-refractivity contribution in [2.75, 3.05) is 6.26 Å². The molecule has 0 aromatic carbocycles. The molecule has 7 heteroatoms. The maximum atomic E-state index is 12.3. The largest absolute Gasteiger partial charge is 0.420 e. The van der Waals surface area contributed by atoms with Crippen LogP contribution in [0, 0.1) is 5.41 Å². The molecule has 0 radical (unpaired) electrons. The van der Waals surface area contributed by atoms with Crippen molar-refractivity contribution >= 4 is 28.5 Å². The summed E-state index contributed by atoms with van der Waals surface area (Å²) >= 11 is 6.29. The Kier molecular flexibility index (Phi) is 5.82. The number of nitrogens with one attached hydrogen (secondary N) is 2. The maximum absolute atomic E-state index is 12.3. The first-order chi connectivity index (χ1) is 6.82. The Bertz CT molecular complexity index is 297. The molecule has 0 rings (SSSR count). The smallest absolute Gasteiger partial charge is 0.356 e. The summed E-state index contributed by atoms with van der Waals surface area (Å²) in [5, 5.41) is 8.72. The third kappa shape index (κ3) is 5.13. The maximum Gasteiger partial charge on any atom is 0.420 e. The average Bonchev–Trinajstić information content (AvgIpc) is 2.09. The molecule has 0 aliphatic rings. The van der Waals surface area contributed by atoms with E-state index < -0.39 is 16.9 Å². The fraction of sp³-hybridized carbons (Fsp3) is 0.375. The van der Waals surface area contributed by atoms with Crippen molar-refractivity contribution in [1.29, 1.82) is 5.41 Å². The van der Waals surface area contributed by atoms with Gasteiger partial charge in [0.2, 0.25) is 0 Å². The number of halogens is 4. The summed E-state index contributed by atoms with van der Waals surface area (Å²) < 4.78 is 36.8. The molecule has 0 spiro atoms. The van der Waals surface area contributed by atoms with E-state index in [1.54, 1.807) is 19.3 Å². The fourth-order valence-electron chi connectivity index (χ4n) is 0.673. The molecule has 0 heterocycles. The predicted octanol–water partition coefficient (Wildman–Crippen LogP) is 3.46. The Hall–Kier alpha value is -0.620. The van der Waals surface area contributed by atoms with Crippen molar-refractivity contribution in [3.63, 3.8) is 0 Å². The molecule has 86 valence electrons. The number of hydrogen-bond acceptors (Lipinski definition) is 3. The highest BCUT2D eigenvalue weighted by Gasteiger charge is 2.36. The second kappa shape index (κ2) is 6.07. The molecule has 0 atom stereocenters. The van der Waals surface area contributed by atoms with Crippen molar-refractivity contribution in [3.8, 4) is 0 Å². The monoisotopic (exact) mass is 258 g/mol. The first-order valence-electron chi connectivity index (χ1n) is 3.81. The number of allylic oxidation sites excluding steroid dienone is 2. The summed E-state index contributed by atoms with van der Waals surface area (Å²) in [6.45, 7) is 1.69. The molecule has 0 aliphatic carbocycles. The Balaban J connectivity index is 4.81. The van der Waals surface area contributed by atoms with E-state index in [-0.39, 0.29) is 0 Å². The molecule has 2 N–H and O–H groups in total. The van der Waals surface area contributed by atoms with Crippen molar-refractivity contribution in [3.05, 3.63) is 22.9 Å². The van der Waals surface area contributed by atoms with E-state index in [4.69, 9.17) is 17.0 Å². The van der Waals surface area contributed by atoms with Crippen LogP contribution in [0.1, 0.15) is 6.92 Å². The zero-order valence-electron chi connectivity index (χ0n) is 8.07. The van der Waals surface area contributed by atoms with Crippen LogP contribution >= 0.6 is 23.4 Å². The molecule has 0 saturated carbocycles. The molecule has 0 aliphatic heterocycles. The van der Waals surface area contributed by atoms with Gasteiger partial charge in [0, 0.05) is 6.20 Å². The molecular weight excluding hydrogens is 249 g/mol. The molecule has 0 saturated heterocycles. The van der Waals surface area contributed by atoms with E-state index in [2.05, 4.69) is 5.32 Å². The number of alkyl halides is 3. The van der Waals surface area contributed by atoms with Crippen molar-refractivity contribution in [1.82, 2.24) is 5.32 Å². The number of rotatable bonds is 4. The standard InChI is InChI=1S/C8H10ClF3N2S/c1-3-6(15-2)14-4-5(7(9)13)8(10,11)12/h3-4,13-14H,1-2H3/b5-4?,6-3+,13-7?. The molecule has 0 aromatic heterocycles. The molecule has 15 heavy (non-hydrogen) atoms. The highest BCUT2D eigenvalue weighted by molar-refractivity contribution is 8.02. The number of hydrogen-bond donors (Lipinski definition) is 2. The topological polar surface area (TPSA) is 35.9 Å². The van der Waals surface area contributed by atoms with Crippen LogP contribution in [0.25, 0.3) is 0 Å². The summed E-state index contributed by atoms with van der Waals surface area (Å²) in [5.74, 6) is 0. The first kappa shape index (κ1) is 14.4. The minimum atomic E-state index is -4.62. The van der Waals surface area contributed by atoms with Crippen LogP contribution in [0.2, 0.25) is 0 Å². The normalized spacial score (nSPS) is 14.0. The molecule has 0 amide bonds. The van der Waals surface area contributed by atoms with Crippen LogP contribution in [0.5, 0.6) is 0 Å². The molecule has 0 bridgehead atoms. The SMILES string of the molecule is C/C=C(\NC=C(C(=N)Cl)C(F)(F)F)SC. The molecular formula is C8H10ClF3N2S. The molecule has 0 aromatic rings. The lowest BCUT2D eigenvalue weighted by atomic mass is 10.3. The van der Waals surface area contributed by atoms with Gasteiger partial charge in [-0.25, -0.2) is 0 Å². The van der Waals surface area contributed by atoms with E-state index in [0.717, 1.165) is 0 Å². The van der Waals surface area contributed by atoms with Gasteiger partial charge in [0.25, 0.3) is 0 Å². The fourth-order valence-corrected chi connectivity index (χ4v) is 1.25. The Morgan fingerprint density at radius 3 is 2.27 bits per heavy atom. The van der Waals surface area contributed by atoms with Crippen LogP contribution in [-0.2, 0) is 0 Å². The highest BCUT2D eigenvalue weighted by Crippen LogP contribution is 2.27. The molecule has 0 fully saturated rings. The van der Waals surface area contributed by atoms with Gasteiger partial charge >= 0.3 is 6.18 Å². The van der Waals surface area contributed by atoms with E-state index in [1.165, 1.54) is 11.8 Å². The van der Waals surface area contributed by atoms with Crippen LogP contribution in [0.3, 0.4) is 0 Å². The van der Waals surface area contributed by atoms with Crippen LogP contribution < -0.4 is 5.32 Å². The summed E-state index contributed by atoms with van der Waals surface area (Å²) in [7, 11) is 0. The third-order valence-electron chi connectivity index (χ3n) is 1.38. The number of thioether (sulfide) groups is 1. The van der Waals surface area contributed by atoms with E-state index in [0.29, 0.717) is 11.2 Å². The predicted molar refractivity (Wildman–Crippen MR) is 58.1 cm³/mol. The van der Waals surface area contributed by atoms with E-state index >= 15 is 0 Å². The lowest BCUT2D eigenvalue weighted by Crippen LogP contribution is -2.19. The second-order valence-corrected chi connectivity index (χ2v) is 3.60. The van der Waals surface area contributed by atoms with Gasteiger partial charge in [0.15, 0.2) is 0 Å². The van der Waals surface area contributed by atoms with Crippen molar-refractivity contribution < 1.29 is 13.2 Å². The summed E-state index contributed by atoms with van der Waals surface area (Å²) in [5.41, 5.74) is -1.20. The third-order valence-corrected chi connectivity index (χ3v) is 2.38. The van der Waals surface area contributed by atoms with Gasteiger partial charge in [-0.15, -0.1) is 11.8 Å². The first-order valence-corrected chi connectivity index (χ1v) is 5.41. The van der Waals surface area contributed by atoms with Gasteiger partial charge in [-0.3, -0.25) is 5.41 Å². The second-order valence-electron chi connectivity index (χ2n) is 2.37. The van der Waals surface area contributed by atoms with Gasteiger partial charge < -0.3 is 5.32 Å². The average molecular weight is 259 g/mol. The van der Waals surface area contributed by atoms with Crippen LogP contribution in [-0.4, -0.2) is 17.6 Å². The van der Waals surface area contributed by atoms with Crippen molar-refractivity contribution in [2.24, 2.45) is 0 Å². The quantitative estimate of drug-likeness (QED) is 0.758. The Morgan fingerprint density at radius 1 is 1.47 bits per heavy atom. The summed E-state index contributed by atoms with van der Waals surface area (Å²) in [4.78, 5) is 0. The van der Waals surface area contributed by atoms with Gasteiger partial charge in [-0.2, -0.15) is 13.2 Å². The minimum absolute atomic E-state index is 0.551. The molecule has 0 unspecified atom stereocenters. The Labute approximate surface area is 95.1 Å². The van der Waals surface area contributed by atoms with Gasteiger partial charge in [0.05, 0.1) is 5.03 Å². The summed E-state index contributed by atoms with van der Waals surface area (Å²) in [6.07, 6.45) is -0.604. The van der Waals surface area contributed by atoms with E-state index in [9.17, 15) is 13.2 Å². The zero-order valence-corrected chi connectivity index (χ0v) is 9.65. The lowest BCUT2D eigenvalue weighted by Gasteiger charge is -2.10. The zero-order chi connectivity index (χ0) is 12.1. The lowest BCUT2D eigenvalue weighted by molar-refractivity contribution is -0.0861. The Morgan fingerprint density at radius 2 is 2.00 bits per heavy atom. The van der Waals surface area contributed by atoms with Gasteiger partial charge in [0.1, 0.15) is 10.7 Å². The van der Waals surface area contributed by atoms with Crippen LogP contribution in [0.15, 0.2) is 22.9 Å². The van der Waals surface area contributed by atoms with Crippen LogP contribution in [0.4, 0.5) is 13.2 Å². The van der Waals surface area contributed by atoms with Gasteiger partial charge in [-0.05, 0) is 13.2 Å². The highest BCUT2D eigenvalue weighted by atomic mass is 35.5.